The SMILES string of the molecule is CC(C)(C)c1cc(C(C)(C)C)c2oc3ccc4c(c5cc(C(C)(C)C)cc6c7c8c(ncc7n4c56)oc4c(C(C)(C)C)cc(C(C)(C)C)cc48)c3c2c1. The first-order chi connectivity index (χ1) is 24.4. The van der Waals surface area contributed by atoms with Crippen LogP contribution in [-0.4, -0.2) is 9.38 Å². The maximum atomic E-state index is 6.90. The van der Waals surface area contributed by atoms with E-state index < -0.39 is 0 Å². The van der Waals surface area contributed by atoms with Crippen LogP contribution in [0.15, 0.2) is 63.6 Å². The largest absolute Gasteiger partial charge is 0.456 e. The molecular formula is C49H54N2O2. The van der Waals surface area contributed by atoms with E-state index in [9.17, 15) is 0 Å². The maximum absolute atomic E-state index is 6.90. The number of rotatable bonds is 0. The van der Waals surface area contributed by atoms with Crippen LogP contribution in [-0.2, 0) is 27.1 Å². The second-order valence-electron chi connectivity index (χ2n) is 21.0. The van der Waals surface area contributed by atoms with E-state index in [1.807, 2.05) is 6.20 Å². The Morgan fingerprint density at radius 2 is 0.906 bits per heavy atom. The Morgan fingerprint density at radius 1 is 0.453 bits per heavy atom. The minimum atomic E-state index is -0.101. The molecule has 0 atom stereocenters. The van der Waals surface area contributed by atoms with E-state index in [1.165, 1.54) is 71.2 Å². The van der Waals surface area contributed by atoms with Gasteiger partial charge in [0, 0.05) is 48.8 Å². The lowest BCUT2D eigenvalue weighted by Gasteiger charge is -2.25. The van der Waals surface area contributed by atoms with Crippen LogP contribution in [0.4, 0.5) is 0 Å². The topological polar surface area (TPSA) is 43.6 Å². The molecule has 4 aromatic carbocycles. The smallest absolute Gasteiger partial charge is 0.228 e. The summed E-state index contributed by atoms with van der Waals surface area (Å²) in [7, 11) is 0. The van der Waals surface area contributed by atoms with E-state index in [-0.39, 0.29) is 27.1 Å². The van der Waals surface area contributed by atoms with Crippen molar-refractivity contribution < 1.29 is 8.83 Å². The number of benzene rings is 4. The zero-order valence-corrected chi connectivity index (χ0v) is 34.4. The molecule has 0 amide bonds. The normalized spacial score (nSPS) is 14.3. The third kappa shape index (κ3) is 4.76. The fourth-order valence-corrected chi connectivity index (χ4v) is 8.73. The number of nitrogens with zero attached hydrogens (tertiary/aromatic N) is 2. The van der Waals surface area contributed by atoms with Crippen molar-refractivity contribution in [3.63, 3.8) is 0 Å². The van der Waals surface area contributed by atoms with Gasteiger partial charge < -0.3 is 13.2 Å². The highest BCUT2D eigenvalue weighted by Crippen LogP contribution is 2.50. The predicted molar refractivity (Wildman–Crippen MR) is 227 cm³/mol. The zero-order valence-electron chi connectivity index (χ0n) is 34.4. The highest BCUT2D eigenvalue weighted by molar-refractivity contribution is 6.35. The second-order valence-corrected chi connectivity index (χ2v) is 21.0. The van der Waals surface area contributed by atoms with Gasteiger partial charge in [-0.2, -0.15) is 0 Å². The fourth-order valence-electron chi connectivity index (χ4n) is 8.73. The van der Waals surface area contributed by atoms with Gasteiger partial charge >= 0.3 is 0 Å². The number of hydrogen-bond acceptors (Lipinski definition) is 3. The van der Waals surface area contributed by atoms with E-state index in [2.05, 4.69) is 157 Å². The summed E-state index contributed by atoms with van der Waals surface area (Å²) in [5, 5.41) is 9.64. The number of pyridine rings is 1. The summed E-state index contributed by atoms with van der Waals surface area (Å²) in [6, 6.07) is 18.9. The molecule has 272 valence electrons. The van der Waals surface area contributed by atoms with E-state index in [4.69, 9.17) is 13.8 Å². The van der Waals surface area contributed by atoms with Crippen LogP contribution in [0.25, 0.3) is 82.1 Å². The van der Waals surface area contributed by atoms with Gasteiger partial charge in [0.15, 0.2) is 0 Å². The van der Waals surface area contributed by atoms with Crippen molar-refractivity contribution in [3.8, 4) is 0 Å². The van der Waals surface area contributed by atoms with Crippen molar-refractivity contribution in [2.75, 3.05) is 0 Å². The molecule has 9 rings (SSSR count). The van der Waals surface area contributed by atoms with E-state index >= 15 is 0 Å². The quantitative estimate of drug-likeness (QED) is 0.158. The van der Waals surface area contributed by atoms with Crippen molar-refractivity contribution in [1.82, 2.24) is 9.38 Å². The van der Waals surface area contributed by atoms with Gasteiger partial charge in [-0.05, 0) is 80.2 Å². The van der Waals surface area contributed by atoms with Gasteiger partial charge in [0.05, 0.1) is 28.1 Å². The van der Waals surface area contributed by atoms with Gasteiger partial charge in [-0.1, -0.05) is 116 Å². The molecule has 5 aromatic heterocycles. The molecule has 4 heteroatoms. The molecule has 53 heavy (non-hydrogen) atoms. The summed E-state index contributed by atoms with van der Waals surface area (Å²) in [6.45, 7) is 34.5. The number of furan rings is 2. The van der Waals surface area contributed by atoms with Gasteiger partial charge in [-0.15, -0.1) is 0 Å². The lowest BCUT2D eigenvalue weighted by Crippen LogP contribution is -2.16. The molecule has 4 nitrogen and oxygen atoms in total. The van der Waals surface area contributed by atoms with Crippen LogP contribution in [0.2, 0.25) is 0 Å². The molecule has 0 unspecified atom stereocenters. The van der Waals surface area contributed by atoms with Gasteiger partial charge in [0.1, 0.15) is 16.7 Å². The Labute approximate surface area is 312 Å². The highest BCUT2D eigenvalue weighted by Gasteiger charge is 2.31. The van der Waals surface area contributed by atoms with Crippen molar-refractivity contribution >= 4 is 82.1 Å². The minimum Gasteiger partial charge on any atom is -0.456 e. The first kappa shape index (κ1) is 34.2. The molecule has 0 fully saturated rings. The first-order valence-electron chi connectivity index (χ1n) is 19.4. The molecule has 0 radical (unpaired) electrons. The molecule has 0 aliphatic carbocycles. The number of fused-ring (bicyclic) bond motifs is 14. The van der Waals surface area contributed by atoms with Crippen molar-refractivity contribution in [2.24, 2.45) is 0 Å². The summed E-state index contributed by atoms with van der Waals surface area (Å²) in [5.41, 5.74) is 13.2. The van der Waals surface area contributed by atoms with Crippen molar-refractivity contribution in [2.45, 2.75) is 131 Å². The van der Waals surface area contributed by atoms with Crippen LogP contribution < -0.4 is 0 Å². The Balaban J connectivity index is 1.53. The number of hydrogen-bond donors (Lipinski definition) is 0. The average Bonchev–Trinajstić information content (AvgIpc) is 3.76. The van der Waals surface area contributed by atoms with Gasteiger partial charge in [0.2, 0.25) is 5.71 Å². The summed E-state index contributed by atoms with van der Waals surface area (Å²) in [4.78, 5) is 5.11. The van der Waals surface area contributed by atoms with Gasteiger partial charge in [0.25, 0.3) is 0 Å². The third-order valence-corrected chi connectivity index (χ3v) is 11.9. The summed E-state index contributed by atoms with van der Waals surface area (Å²) >= 11 is 0. The molecule has 0 N–H and O–H groups in total. The molecule has 0 spiro atoms. The van der Waals surface area contributed by atoms with Crippen LogP contribution in [0.1, 0.15) is 132 Å². The molecule has 9 aromatic rings. The Kier molecular flexibility index (Phi) is 6.54. The first-order valence-corrected chi connectivity index (χ1v) is 19.4. The van der Waals surface area contributed by atoms with Crippen LogP contribution >= 0.6 is 0 Å². The monoisotopic (exact) mass is 702 g/mol. The molecule has 0 bridgehead atoms. The zero-order chi connectivity index (χ0) is 38.1. The van der Waals surface area contributed by atoms with Crippen molar-refractivity contribution in [1.29, 1.82) is 0 Å². The Bertz CT molecular complexity index is 2800. The lowest BCUT2D eigenvalue weighted by molar-refractivity contribution is 0.557. The summed E-state index contributed by atoms with van der Waals surface area (Å²) < 4.78 is 16.2. The van der Waals surface area contributed by atoms with Crippen LogP contribution in [0, 0.1) is 0 Å². The van der Waals surface area contributed by atoms with Crippen LogP contribution in [0.3, 0.4) is 0 Å². The minimum absolute atomic E-state index is 0.0131. The standard InChI is InChI=1S/C49H54N2O2/c1-45(2,3)25-18-28-37-34(16-17-36-39(37)30-20-26(46(4,5)6)22-32(42(30)52-36)48(10,11)12)51-35-24-50-44-40(38(35)29(19-25)41(28)51)31-21-27(47(7,8)9)23-33(43(31)53-44)49(13,14)15/h16-24H,1-15H3. The lowest BCUT2D eigenvalue weighted by atomic mass is 9.79. The summed E-state index contributed by atoms with van der Waals surface area (Å²) in [6.07, 6.45) is 2.05. The Hall–Kier alpha value is -4.57. The van der Waals surface area contributed by atoms with Crippen LogP contribution in [0.5, 0.6) is 0 Å². The van der Waals surface area contributed by atoms with Gasteiger partial charge in [-0.3, -0.25) is 0 Å². The fraction of sp³-hybridized carbons (Fsp3) is 0.408. The molecular weight excluding hydrogens is 649 g/mol. The molecule has 0 saturated heterocycles. The Morgan fingerprint density at radius 3 is 1.42 bits per heavy atom. The highest BCUT2D eigenvalue weighted by atomic mass is 16.3. The number of aromatic nitrogens is 2. The van der Waals surface area contributed by atoms with E-state index in [0.717, 1.165) is 33.0 Å². The summed E-state index contributed by atoms with van der Waals surface area (Å²) in [5.74, 6) is 0. The second kappa shape index (κ2) is 10.1. The maximum Gasteiger partial charge on any atom is 0.228 e. The predicted octanol–water partition coefficient (Wildman–Crippen LogP) is 14.5. The molecule has 0 aliphatic rings. The van der Waals surface area contributed by atoms with Gasteiger partial charge in [-0.25, -0.2) is 4.98 Å². The molecule has 5 heterocycles. The third-order valence-electron chi connectivity index (χ3n) is 11.9. The van der Waals surface area contributed by atoms with E-state index in [0.29, 0.717) is 5.71 Å². The average molecular weight is 703 g/mol. The molecule has 0 saturated carbocycles. The molecule has 0 aliphatic heterocycles. The van der Waals surface area contributed by atoms with Crippen molar-refractivity contribution in [3.05, 3.63) is 82.5 Å². The van der Waals surface area contributed by atoms with E-state index in [1.54, 1.807) is 0 Å².